The van der Waals surface area contributed by atoms with Crippen LogP contribution in [0.15, 0.2) is 23.6 Å². The van der Waals surface area contributed by atoms with Gasteiger partial charge in [-0.3, -0.25) is 4.79 Å². The molecule has 0 spiro atoms. The van der Waals surface area contributed by atoms with Gasteiger partial charge in [0.2, 0.25) is 5.91 Å². The van der Waals surface area contributed by atoms with Crippen LogP contribution in [0.3, 0.4) is 0 Å². The number of methoxy groups -OCH3 is 1. The number of aryl methyl sites for hydroxylation is 1. The monoisotopic (exact) mass is 354 g/mol. The van der Waals surface area contributed by atoms with E-state index in [2.05, 4.69) is 10.3 Å². The van der Waals surface area contributed by atoms with E-state index in [0.717, 1.165) is 11.3 Å². The number of nitrogens with one attached hydrogen (secondary N) is 1. The molecular weight excluding hydrogens is 336 g/mol. The van der Waals surface area contributed by atoms with Crippen molar-refractivity contribution in [3.63, 3.8) is 0 Å². The van der Waals surface area contributed by atoms with Gasteiger partial charge in [0.25, 0.3) is 0 Å². The van der Waals surface area contributed by atoms with Gasteiger partial charge in [-0.2, -0.15) is 0 Å². The molecule has 124 valence electrons. The van der Waals surface area contributed by atoms with Crippen LogP contribution >= 0.6 is 22.9 Å². The molecule has 0 saturated heterocycles. The molecule has 5 nitrogen and oxygen atoms in total. The van der Waals surface area contributed by atoms with Gasteiger partial charge in [0.05, 0.1) is 25.3 Å². The molecule has 1 heterocycles. The molecule has 23 heavy (non-hydrogen) atoms. The standard InChI is InChI=1S/C16H19ClN2O3S/c1-3-22-13-6-4-11(8-14(13)21-2)5-7-15(20)19-16-18-12(9-17)10-23-16/h4,6,8,10H,3,5,7,9H2,1-2H3,(H,18,19,20). The minimum atomic E-state index is -0.0756. The minimum Gasteiger partial charge on any atom is -0.493 e. The fraction of sp³-hybridized carbons (Fsp3) is 0.375. The lowest BCUT2D eigenvalue weighted by atomic mass is 10.1. The predicted octanol–water partition coefficient (Wildman–Crippen LogP) is 3.86. The molecule has 1 N–H and O–H groups in total. The Bertz CT molecular complexity index is 661. The number of anilines is 1. The van der Waals surface area contributed by atoms with E-state index in [9.17, 15) is 4.79 Å². The third-order valence-corrected chi connectivity index (χ3v) is 4.18. The van der Waals surface area contributed by atoms with E-state index < -0.39 is 0 Å². The highest BCUT2D eigenvalue weighted by atomic mass is 35.5. The number of amides is 1. The first-order chi connectivity index (χ1) is 11.2. The number of hydrogen-bond acceptors (Lipinski definition) is 5. The van der Waals surface area contributed by atoms with Crippen molar-refractivity contribution in [2.24, 2.45) is 0 Å². The number of hydrogen-bond donors (Lipinski definition) is 1. The third kappa shape index (κ3) is 5.11. The van der Waals surface area contributed by atoms with Crippen LogP contribution < -0.4 is 14.8 Å². The van der Waals surface area contributed by atoms with Gasteiger partial charge in [-0.1, -0.05) is 6.07 Å². The Morgan fingerprint density at radius 3 is 2.87 bits per heavy atom. The molecule has 2 aromatic rings. The van der Waals surface area contributed by atoms with Crippen molar-refractivity contribution in [1.82, 2.24) is 4.98 Å². The van der Waals surface area contributed by atoms with E-state index in [1.54, 1.807) is 7.11 Å². The molecule has 1 amide bonds. The highest BCUT2D eigenvalue weighted by Crippen LogP contribution is 2.28. The minimum absolute atomic E-state index is 0.0756. The Balaban J connectivity index is 1.90. The average molecular weight is 355 g/mol. The van der Waals surface area contributed by atoms with Crippen LogP contribution in [0.1, 0.15) is 24.6 Å². The lowest BCUT2D eigenvalue weighted by Gasteiger charge is -2.10. The Kier molecular flexibility index (Phi) is 6.67. The fourth-order valence-corrected chi connectivity index (χ4v) is 2.96. The zero-order chi connectivity index (χ0) is 16.7. The SMILES string of the molecule is CCOc1ccc(CCC(=O)Nc2nc(CCl)cs2)cc1OC. The number of carbonyl (C=O) groups excluding carboxylic acids is 1. The molecule has 7 heteroatoms. The number of nitrogens with zero attached hydrogens (tertiary/aromatic N) is 1. The number of ether oxygens (including phenoxy) is 2. The molecule has 0 saturated carbocycles. The first kappa shape index (κ1) is 17.6. The Labute approximate surface area is 144 Å². The van der Waals surface area contributed by atoms with Crippen molar-refractivity contribution in [1.29, 1.82) is 0 Å². The lowest BCUT2D eigenvalue weighted by molar-refractivity contribution is -0.116. The predicted molar refractivity (Wildman–Crippen MR) is 92.8 cm³/mol. The second-order valence-corrected chi connectivity index (χ2v) is 5.87. The molecule has 0 aliphatic rings. The first-order valence-electron chi connectivity index (χ1n) is 7.26. The van der Waals surface area contributed by atoms with E-state index in [1.165, 1.54) is 11.3 Å². The third-order valence-electron chi connectivity index (χ3n) is 3.10. The number of thiazole rings is 1. The second kappa shape index (κ2) is 8.74. The summed E-state index contributed by atoms with van der Waals surface area (Å²) in [5.41, 5.74) is 1.78. The van der Waals surface area contributed by atoms with Crippen LogP contribution in [-0.2, 0) is 17.1 Å². The van der Waals surface area contributed by atoms with Crippen LogP contribution in [0.4, 0.5) is 5.13 Å². The van der Waals surface area contributed by atoms with Gasteiger partial charge < -0.3 is 14.8 Å². The summed E-state index contributed by atoms with van der Waals surface area (Å²) >= 11 is 7.06. The van der Waals surface area contributed by atoms with E-state index in [1.807, 2.05) is 30.5 Å². The summed E-state index contributed by atoms with van der Waals surface area (Å²) in [5, 5.41) is 5.19. The van der Waals surface area contributed by atoms with Crippen molar-refractivity contribution >= 4 is 34.0 Å². The fourth-order valence-electron chi connectivity index (χ4n) is 2.01. The average Bonchev–Trinajstić information content (AvgIpc) is 3.01. The van der Waals surface area contributed by atoms with Crippen molar-refractivity contribution in [2.45, 2.75) is 25.6 Å². The van der Waals surface area contributed by atoms with Gasteiger partial charge in [-0.15, -0.1) is 22.9 Å². The summed E-state index contributed by atoms with van der Waals surface area (Å²) in [7, 11) is 1.60. The summed E-state index contributed by atoms with van der Waals surface area (Å²) in [6, 6.07) is 5.70. The molecule has 0 fully saturated rings. The van der Waals surface area contributed by atoms with E-state index in [-0.39, 0.29) is 5.91 Å². The largest absolute Gasteiger partial charge is 0.493 e. The van der Waals surface area contributed by atoms with Gasteiger partial charge in [0, 0.05) is 11.8 Å². The molecular formula is C16H19ClN2O3S. The zero-order valence-electron chi connectivity index (χ0n) is 13.1. The van der Waals surface area contributed by atoms with Gasteiger partial charge in [0.1, 0.15) is 0 Å². The highest BCUT2D eigenvalue weighted by Gasteiger charge is 2.09. The highest BCUT2D eigenvalue weighted by molar-refractivity contribution is 7.13. The molecule has 1 aromatic carbocycles. The first-order valence-corrected chi connectivity index (χ1v) is 8.67. The van der Waals surface area contributed by atoms with Crippen LogP contribution in [0, 0.1) is 0 Å². The number of carbonyl (C=O) groups is 1. The number of rotatable bonds is 8. The van der Waals surface area contributed by atoms with Crippen LogP contribution in [0.25, 0.3) is 0 Å². The normalized spacial score (nSPS) is 10.4. The molecule has 0 bridgehead atoms. The summed E-state index contributed by atoms with van der Waals surface area (Å²) < 4.78 is 10.8. The Morgan fingerprint density at radius 2 is 2.22 bits per heavy atom. The maximum absolute atomic E-state index is 12.0. The lowest BCUT2D eigenvalue weighted by Crippen LogP contribution is -2.12. The second-order valence-electron chi connectivity index (χ2n) is 4.74. The quantitative estimate of drug-likeness (QED) is 0.731. The van der Waals surface area contributed by atoms with E-state index >= 15 is 0 Å². The van der Waals surface area contributed by atoms with Crippen LogP contribution in [0.2, 0.25) is 0 Å². The summed E-state index contributed by atoms with van der Waals surface area (Å²) in [4.78, 5) is 16.2. The summed E-state index contributed by atoms with van der Waals surface area (Å²) in [6.45, 7) is 2.50. The molecule has 1 aromatic heterocycles. The summed E-state index contributed by atoms with van der Waals surface area (Å²) in [6.07, 6.45) is 0.981. The molecule has 0 atom stereocenters. The molecule has 0 unspecified atom stereocenters. The van der Waals surface area contributed by atoms with Gasteiger partial charge in [-0.25, -0.2) is 4.98 Å². The number of benzene rings is 1. The van der Waals surface area contributed by atoms with Crippen LogP contribution in [-0.4, -0.2) is 24.6 Å². The van der Waals surface area contributed by atoms with Crippen molar-refractivity contribution < 1.29 is 14.3 Å². The smallest absolute Gasteiger partial charge is 0.226 e. The zero-order valence-corrected chi connectivity index (χ0v) is 14.7. The molecule has 0 radical (unpaired) electrons. The Morgan fingerprint density at radius 1 is 1.39 bits per heavy atom. The Hall–Kier alpha value is -1.79. The number of aromatic nitrogens is 1. The van der Waals surface area contributed by atoms with Crippen molar-refractivity contribution in [3.05, 3.63) is 34.8 Å². The van der Waals surface area contributed by atoms with E-state index in [0.29, 0.717) is 42.0 Å². The van der Waals surface area contributed by atoms with Crippen molar-refractivity contribution in [2.75, 3.05) is 19.0 Å². The van der Waals surface area contributed by atoms with Gasteiger partial charge in [-0.05, 0) is 31.0 Å². The van der Waals surface area contributed by atoms with Crippen molar-refractivity contribution in [3.8, 4) is 11.5 Å². The summed E-state index contributed by atoms with van der Waals surface area (Å²) in [5.74, 6) is 1.66. The number of alkyl halides is 1. The topological polar surface area (TPSA) is 60.5 Å². The number of halogens is 1. The molecule has 0 aliphatic heterocycles. The maximum atomic E-state index is 12.0. The van der Waals surface area contributed by atoms with Gasteiger partial charge >= 0.3 is 0 Å². The maximum Gasteiger partial charge on any atom is 0.226 e. The van der Waals surface area contributed by atoms with E-state index in [4.69, 9.17) is 21.1 Å². The molecule has 0 aliphatic carbocycles. The molecule has 2 rings (SSSR count). The van der Waals surface area contributed by atoms with Crippen LogP contribution in [0.5, 0.6) is 11.5 Å². The van der Waals surface area contributed by atoms with Gasteiger partial charge in [0.15, 0.2) is 16.6 Å².